The molecule has 4 nitrogen and oxygen atoms in total. The molecule has 0 unspecified atom stereocenters. The maximum atomic E-state index is 10.4. The molecule has 2 N–H and O–H groups in total. The maximum Gasteiger partial charge on any atom is 0.303 e. The fourth-order valence-electron chi connectivity index (χ4n) is 3.54. The van der Waals surface area contributed by atoms with Crippen LogP contribution in [0.2, 0.25) is 0 Å². The van der Waals surface area contributed by atoms with Crippen molar-refractivity contribution in [2.75, 3.05) is 0 Å². The first-order valence-corrected chi connectivity index (χ1v) is 13.2. The highest BCUT2D eigenvalue weighted by molar-refractivity contribution is 5.66. The van der Waals surface area contributed by atoms with Gasteiger partial charge in [0.2, 0.25) is 0 Å². The maximum absolute atomic E-state index is 10.4. The van der Waals surface area contributed by atoms with E-state index in [4.69, 9.17) is 10.2 Å². The molecule has 4 heteroatoms. The van der Waals surface area contributed by atoms with Crippen LogP contribution in [0, 0.1) is 0 Å². The minimum atomic E-state index is -0.680. The summed E-state index contributed by atoms with van der Waals surface area (Å²) in [4.78, 5) is 20.8. The standard InChI is InChI=1S/C29H48O4/c30-28(31)26-24-22-20-18-16-14-12-10-8-6-4-2-1-3-5-7-9-11-13-15-17-19-21-23-25-27-29(32)33/h2-5,8-11H,1,6-7,12-27H2,(H,30,31)(H,32,33). The summed E-state index contributed by atoms with van der Waals surface area (Å²) in [5, 5.41) is 17.2. The molecule has 0 aromatic heterocycles. The fraction of sp³-hybridized carbons (Fsp3) is 0.655. The summed E-state index contributed by atoms with van der Waals surface area (Å²) < 4.78 is 0. The molecule has 0 bridgehead atoms. The van der Waals surface area contributed by atoms with Gasteiger partial charge in [0.1, 0.15) is 0 Å². The third kappa shape index (κ3) is 29.9. The third-order valence-corrected chi connectivity index (χ3v) is 5.51. The minimum absolute atomic E-state index is 0.310. The number of allylic oxidation sites excluding steroid dienone is 8. The lowest BCUT2D eigenvalue weighted by molar-refractivity contribution is -0.138. The first-order valence-electron chi connectivity index (χ1n) is 13.2. The zero-order valence-corrected chi connectivity index (χ0v) is 20.8. The van der Waals surface area contributed by atoms with E-state index in [-0.39, 0.29) is 0 Å². The smallest absolute Gasteiger partial charge is 0.303 e. The summed E-state index contributed by atoms with van der Waals surface area (Å²) >= 11 is 0. The van der Waals surface area contributed by atoms with Crippen LogP contribution in [0.25, 0.3) is 0 Å². The van der Waals surface area contributed by atoms with Crippen LogP contribution in [0.5, 0.6) is 0 Å². The highest BCUT2D eigenvalue weighted by Crippen LogP contribution is 2.10. The van der Waals surface area contributed by atoms with Crippen molar-refractivity contribution < 1.29 is 19.8 Å². The number of unbranched alkanes of at least 4 members (excludes halogenated alkanes) is 12. The number of aliphatic carboxylic acids is 2. The highest BCUT2D eigenvalue weighted by Gasteiger charge is 1.97. The Balaban J connectivity index is 3.34. The van der Waals surface area contributed by atoms with E-state index in [1.165, 1.54) is 38.5 Å². The van der Waals surface area contributed by atoms with Crippen LogP contribution >= 0.6 is 0 Å². The normalized spacial score (nSPS) is 12.1. The molecule has 0 saturated carbocycles. The second-order valence-electron chi connectivity index (χ2n) is 8.70. The average molecular weight is 461 g/mol. The first kappa shape index (κ1) is 30.9. The molecular formula is C29H48O4. The van der Waals surface area contributed by atoms with Crippen molar-refractivity contribution in [2.24, 2.45) is 0 Å². The molecule has 0 radical (unpaired) electrons. The molecule has 0 spiro atoms. The number of hydrogen-bond acceptors (Lipinski definition) is 2. The molecule has 33 heavy (non-hydrogen) atoms. The lowest BCUT2D eigenvalue weighted by Crippen LogP contribution is -1.93. The zero-order chi connectivity index (χ0) is 24.2. The average Bonchev–Trinajstić information content (AvgIpc) is 2.78. The second kappa shape index (κ2) is 26.2. The lowest BCUT2D eigenvalue weighted by atomic mass is 10.1. The van der Waals surface area contributed by atoms with Crippen molar-refractivity contribution in [1.29, 1.82) is 0 Å². The quantitative estimate of drug-likeness (QED) is 0.111. The van der Waals surface area contributed by atoms with Crippen molar-refractivity contribution in [3.05, 3.63) is 48.6 Å². The number of carboxylic acids is 2. The Bertz CT molecular complexity index is 522. The van der Waals surface area contributed by atoms with E-state index in [0.29, 0.717) is 12.8 Å². The Kier molecular flexibility index (Phi) is 24.5. The van der Waals surface area contributed by atoms with Gasteiger partial charge in [-0.1, -0.05) is 100.0 Å². The number of hydrogen-bond donors (Lipinski definition) is 2. The van der Waals surface area contributed by atoms with Crippen LogP contribution in [0.1, 0.15) is 122 Å². The second-order valence-corrected chi connectivity index (χ2v) is 8.70. The highest BCUT2D eigenvalue weighted by atomic mass is 16.4. The van der Waals surface area contributed by atoms with Gasteiger partial charge in [0.25, 0.3) is 0 Å². The van der Waals surface area contributed by atoms with Gasteiger partial charge >= 0.3 is 11.9 Å². The van der Waals surface area contributed by atoms with Gasteiger partial charge in [-0.25, -0.2) is 0 Å². The molecule has 0 saturated heterocycles. The van der Waals surface area contributed by atoms with E-state index in [9.17, 15) is 9.59 Å². The van der Waals surface area contributed by atoms with E-state index in [0.717, 1.165) is 70.6 Å². The van der Waals surface area contributed by atoms with Crippen molar-refractivity contribution >= 4 is 11.9 Å². The largest absolute Gasteiger partial charge is 0.481 e. The van der Waals surface area contributed by atoms with Gasteiger partial charge in [0.05, 0.1) is 0 Å². The minimum Gasteiger partial charge on any atom is -0.481 e. The van der Waals surface area contributed by atoms with E-state index in [1.54, 1.807) is 0 Å². The summed E-state index contributed by atoms with van der Waals surface area (Å²) in [6.45, 7) is 0. The summed E-state index contributed by atoms with van der Waals surface area (Å²) in [6, 6.07) is 0. The SMILES string of the molecule is O=C(O)CCCCCCCCC=CCC=CCC=CCC=CCCCCCCCCC(=O)O. The molecule has 0 heterocycles. The zero-order valence-electron chi connectivity index (χ0n) is 20.8. The van der Waals surface area contributed by atoms with Crippen molar-refractivity contribution in [1.82, 2.24) is 0 Å². The molecule has 0 amide bonds. The summed E-state index contributed by atoms with van der Waals surface area (Å²) in [7, 11) is 0. The van der Waals surface area contributed by atoms with Crippen LogP contribution in [0.3, 0.4) is 0 Å². The molecule has 0 aliphatic heterocycles. The van der Waals surface area contributed by atoms with Crippen molar-refractivity contribution in [2.45, 2.75) is 122 Å². The molecule has 188 valence electrons. The number of rotatable bonds is 24. The molecule has 0 aromatic rings. The molecular weight excluding hydrogens is 412 g/mol. The molecule has 0 aliphatic carbocycles. The predicted octanol–water partition coefficient (Wildman–Crippen LogP) is 8.79. The Hall–Kier alpha value is -2.10. The van der Waals surface area contributed by atoms with Crippen LogP contribution in [-0.2, 0) is 9.59 Å². The lowest BCUT2D eigenvalue weighted by Gasteiger charge is -1.99. The van der Waals surface area contributed by atoms with Gasteiger partial charge in [0.15, 0.2) is 0 Å². The van der Waals surface area contributed by atoms with Crippen LogP contribution in [0.4, 0.5) is 0 Å². The third-order valence-electron chi connectivity index (χ3n) is 5.51. The Morgan fingerprint density at radius 1 is 0.394 bits per heavy atom. The van der Waals surface area contributed by atoms with E-state index >= 15 is 0 Å². The van der Waals surface area contributed by atoms with Gasteiger partial charge in [-0.3, -0.25) is 9.59 Å². The summed E-state index contributed by atoms with van der Waals surface area (Å²) in [5.74, 6) is -1.36. The fourth-order valence-corrected chi connectivity index (χ4v) is 3.54. The van der Waals surface area contributed by atoms with E-state index < -0.39 is 11.9 Å². The van der Waals surface area contributed by atoms with E-state index in [2.05, 4.69) is 48.6 Å². The van der Waals surface area contributed by atoms with E-state index in [1.807, 2.05) is 0 Å². The molecule has 0 atom stereocenters. The Morgan fingerprint density at radius 2 is 0.667 bits per heavy atom. The predicted molar refractivity (Wildman–Crippen MR) is 140 cm³/mol. The van der Waals surface area contributed by atoms with Gasteiger partial charge in [-0.2, -0.15) is 0 Å². The molecule has 0 rings (SSSR count). The van der Waals surface area contributed by atoms with Gasteiger partial charge in [-0.05, 0) is 57.8 Å². The molecule has 0 fully saturated rings. The number of carboxylic acid groups (broad SMARTS) is 2. The van der Waals surface area contributed by atoms with Gasteiger partial charge in [0, 0.05) is 12.8 Å². The van der Waals surface area contributed by atoms with Crippen LogP contribution in [-0.4, -0.2) is 22.2 Å². The Labute approximate surface area is 202 Å². The summed E-state index contributed by atoms with van der Waals surface area (Å²) in [6.07, 6.45) is 37.2. The Morgan fingerprint density at radius 3 is 1.00 bits per heavy atom. The first-order chi connectivity index (χ1) is 16.1. The topological polar surface area (TPSA) is 74.6 Å². The van der Waals surface area contributed by atoms with Gasteiger partial charge < -0.3 is 10.2 Å². The number of carbonyl (C=O) groups is 2. The molecule has 0 aliphatic rings. The van der Waals surface area contributed by atoms with Gasteiger partial charge in [-0.15, -0.1) is 0 Å². The van der Waals surface area contributed by atoms with Crippen LogP contribution in [0.15, 0.2) is 48.6 Å². The van der Waals surface area contributed by atoms with Crippen LogP contribution < -0.4 is 0 Å². The molecule has 0 aromatic carbocycles. The van der Waals surface area contributed by atoms with Crippen molar-refractivity contribution in [3.63, 3.8) is 0 Å². The monoisotopic (exact) mass is 460 g/mol. The van der Waals surface area contributed by atoms with Crippen molar-refractivity contribution in [3.8, 4) is 0 Å². The summed E-state index contributed by atoms with van der Waals surface area (Å²) in [5.41, 5.74) is 0.